The number of aromatic nitrogens is 1. The summed E-state index contributed by atoms with van der Waals surface area (Å²) in [4.78, 5) is 23.5. The van der Waals surface area contributed by atoms with E-state index in [9.17, 15) is 14.9 Å². The first-order chi connectivity index (χ1) is 12.5. The summed E-state index contributed by atoms with van der Waals surface area (Å²) in [7, 11) is 1.36. The first kappa shape index (κ1) is 17.5. The highest BCUT2D eigenvalue weighted by atomic mass is 16.6. The number of nitrogens with zero attached hydrogens (tertiary/aromatic N) is 2. The molecule has 0 fully saturated rings. The molecule has 26 heavy (non-hydrogen) atoms. The molecule has 3 aromatic rings. The van der Waals surface area contributed by atoms with Gasteiger partial charge >= 0.3 is 5.69 Å². The summed E-state index contributed by atoms with van der Waals surface area (Å²) in [6.07, 6.45) is 0. The molecule has 0 saturated carbocycles. The zero-order chi connectivity index (χ0) is 18.8. The number of anilines is 1. The van der Waals surface area contributed by atoms with Gasteiger partial charge in [-0.25, -0.2) is 0 Å². The molecule has 3 rings (SSSR count). The van der Waals surface area contributed by atoms with Crippen molar-refractivity contribution in [2.45, 2.75) is 20.4 Å². The number of nitro benzene ring substituents is 1. The summed E-state index contributed by atoms with van der Waals surface area (Å²) < 4.78 is 6.93. The lowest BCUT2D eigenvalue weighted by Crippen LogP contribution is -2.18. The lowest BCUT2D eigenvalue weighted by atomic mass is 10.1. The lowest BCUT2D eigenvalue weighted by Gasteiger charge is -2.10. The number of methoxy groups -OCH3 is 1. The quantitative estimate of drug-likeness (QED) is 0.552. The molecular formula is C19H19N3O4. The SMILES string of the molecule is CCn1c(C(=O)Nc2ccc(OC)c([N+](=O)[O-])c2)c(C)c2ccccc21. The molecule has 7 heteroatoms. The Morgan fingerprint density at radius 3 is 2.65 bits per heavy atom. The van der Waals surface area contributed by atoms with E-state index in [2.05, 4.69) is 5.32 Å². The number of fused-ring (bicyclic) bond motifs is 1. The highest BCUT2D eigenvalue weighted by Gasteiger charge is 2.21. The van der Waals surface area contributed by atoms with E-state index in [0.29, 0.717) is 17.9 Å². The first-order valence-electron chi connectivity index (χ1n) is 8.19. The normalized spacial score (nSPS) is 10.7. The van der Waals surface area contributed by atoms with Gasteiger partial charge in [0.25, 0.3) is 5.91 Å². The number of carbonyl (C=O) groups is 1. The molecule has 0 radical (unpaired) electrons. The Morgan fingerprint density at radius 2 is 2.00 bits per heavy atom. The molecule has 0 aliphatic heterocycles. The molecule has 1 N–H and O–H groups in total. The van der Waals surface area contributed by atoms with Gasteiger partial charge in [0.2, 0.25) is 0 Å². The van der Waals surface area contributed by atoms with Crippen LogP contribution in [0.4, 0.5) is 11.4 Å². The molecular weight excluding hydrogens is 334 g/mol. The molecule has 2 aromatic carbocycles. The predicted octanol–water partition coefficient (Wildman–Crippen LogP) is 4.14. The number of rotatable bonds is 5. The van der Waals surface area contributed by atoms with E-state index < -0.39 is 4.92 Å². The maximum Gasteiger partial charge on any atom is 0.312 e. The number of benzene rings is 2. The second-order valence-electron chi connectivity index (χ2n) is 5.83. The van der Waals surface area contributed by atoms with Crippen LogP contribution in [0.1, 0.15) is 23.0 Å². The van der Waals surface area contributed by atoms with E-state index in [-0.39, 0.29) is 17.3 Å². The fourth-order valence-electron chi connectivity index (χ4n) is 3.20. The van der Waals surface area contributed by atoms with Crippen LogP contribution < -0.4 is 10.1 Å². The summed E-state index contributed by atoms with van der Waals surface area (Å²) in [5, 5.41) is 14.9. The van der Waals surface area contributed by atoms with Crippen LogP contribution in [0.15, 0.2) is 42.5 Å². The van der Waals surface area contributed by atoms with Crippen molar-refractivity contribution in [1.82, 2.24) is 4.57 Å². The highest BCUT2D eigenvalue weighted by Crippen LogP contribution is 2.31. The second kappa shape index (κ2) is 6.87. The molecule has 0 atom stereocenters. The van der Waals surface area contributed by atoms with Gasteiger partial charge < -0.3 is 14.6 Å². The lowest BCUT2D eigenvalue weighted by molar-refractivity contribution is -0.385. The molecule has 0 saturated heterocycles. The summed E-state index contributed by atoms with van der Waals surface area (Å²) in [6.45, 7) is 4.51. The van der Waals surface area contributed by atoms with Gasteiger partial charge in [-0.2, -0.15) is 0 Å². The Bertz CT molecular complexity index is 1010. The van der Waals surface area contributed by atoms with E-state index in [1.165, 1.54) is 19.2 Å². The third-order valence-corrected chi connectivity index (χ3v) is 4.39. The molecule has 7 nitrogen and oxygen atoms in total. The monoisotopic (exact) mass is 353 g/mol. The van der Waals surface area contributed by atoms with Gasteiger partial charge in [0.1, 0.15) is 5.69 Å². The van der Waals surface area contributed by atoms with Gasteiger partial charge in [0.15, 0.2) is 5.75 Å². The average molecular weight is 353 g/mol. The van der Waals surface area contributed by atoms with E-state index >= 15 is 0 Å². The minimum atomic E-state index is -0.539. The number of hydrogen-bond acceptors (Lipinski definition) is 4. The number of aryl methyl sites for hydroxylation is 2. The molecule has 1 aromatic heterocycles. The van der Waals surface area contributed by atoms with E-state index in [1.807, 2.05) is 42.7 Å². The predicted molar refractivity (Wildman–Crippen MR) is 100.0 cm³/mol. The summed E-state index contributed by atoms with van der Waals surface area (Å²) in [5.74, 6) is -0.160. The van der Waals surface area contributed by atoms with Gasteiger partial charge in [-0.1, -0.05) is 18.2 Å². The molecule has 0 unspecified atom stereocenters. The van der Waals surface area contributed by atoms with Crippen LogP contribution >= 0.6 is 0 Å². The number of amides is 1. The summed E-state index contributed by atoms with van der Waals surface area (Å²) in [6, 6.07) is 12.2. The fraction of sp³-hybridized carbons (Fsp3) is 0.211. The van der Waals surface area contributed by atoms with Crippen molar-refractivity contribution >= 4 is 28.2 Å². The van der Waals surface area contributed by atoms with Crippen molar-refractivity contribution in [1.29, 1.82) is 0 Å². The van der Waals surface area contributed by atoms with Crippen molar-refractivity contribution in [2.75, 3.05) is 12.4 Å². The van der Waals surface area contributed by atoms with E-state index in [0.717, 1.165) is 16.5 Å². The topological polar surface area (TPSA) is 86.4 Å². The van der Waals surface area contributed by atoms with Gasteiger partial charge in [-0.15, -0.1) is 0 Å². The third-order valence-electron chi connectivity index (χ3n) is 4.39. The minimum absolute atomic E-state index is 0.145. The molecule has 134 valence electrons. The van der Waals surface area contributed by atoms with Crippen LogP contribution in [-0.2, 0) is 6.54 Å². The Balaban J connectivity index is 2.01. The van der Waals surface area contributed by atoms with Crippen LogP contribution in [-0.4, -0.2) is 22.5 Å². The van der Waals surface area contributed by atoms with Gasteiger partial charge in [-0.3, -0.25) is 14.9 Å². The van der Waals surface area contributed by atoms with Crippen molar-refractivity contribution in [3.63, 3.8) is 0 Å². The van der Waals surface area contributed by atoms with Gasteiger partial charge in [0.05, 0.1) is 12.0 Å². The Hall–Kier alpha value is -3.35. The Labute approximate surface area is 150 Å². The average Bonchev–Trinajstić information content (AvgIpc) is 2.94. The maximum absolute atomic E-state index is 12.9. The number of hydrogen-bond donors (Lipinski definition) is 1. The number of nitro groups is 1. The number of para-hydroxylation sites is 1. The Kier molecular flexibility index (Phi) is 4.62. The van der Waals surface area contributed by atoms with E-state index in [4.69, 9.17) is 4.74 Å². The number of carbonyl (C=O) groups excluding carboxylic acids is 1. The molecule has 0 aliphatic rings. The molecule has 0 bridgehead atoms. The maximum atomic E-state index is 12.9. The first-order valence-corrected chi connectivity index (χ1v) is 8.19. The van der Waals surface area contributed by atoms with Crippen LogP contribution in [0.2, 0.25) is 0 Å². The fourth-order valence-corrected chi connectivity index (χ4v) is 3.20. The standard InChI is InChI=1S/C19H19N3O4/c1-4-21-15-8-6-5-7-14(15)12(2)18(21)19(23)20-13-9-10-17(26-3)16(11-13)22(24)25/h5-11H,4H2,1-3H3,(H,20,23). The molecule has 0 aliphatic carbocycles. The van der Waals surface area contributed by atoms with Crippen molar-refractivity contribution < 1.29 is 14.5 Å². The number of nitrogens with one attached hydrogen (secondary N) is 1. The summed E-state index contributed by atoms with van der Waals surface area (Å²) in [5.41, 5.74) is 2.56. The van der Waals surface area contributed by atoms with Crippen LogP contribution in [0.5, 0.6) is 5.75 Å². The smallest absolute Gasteiger partial charge is 0.312 e. The van der Waals surface area contributed by atoms with Crippen molar-refractivity contribution in [3.8, 4) is 5.75 Å². The van der Waals surface area contributed by atoms with Gasteiger partial charge in [-0.05, 0) is 37.6 Å². The van der Waals surface area contributed by atoms with Crippen LogP contribution in [0.25, 0.3) is 10.9 Å². The summed E-state index contributed by atoms with van der Waals surface area (Å²) >= 11 is 0. The van der Waals surface area contributed by atoms with Crippen LogP contribution in [0, 0.1) is 17.0 Å². The largest absolute Gasteiger partial charge is 0.490 e. The van der Waals surface area contributed by atoms with Gasteiger partial charge in [0, 0.05) is 29.2 Å². The van der Waals surface area contributed by atoms with Crippen LogP contribution in [0.3, 0.4) is 0 Å². The zero-order valence-corrected chi connectivity index (χ0v) is 14.8. The zero-order valence-electron chi connectivity index (χ0n) is 14.8. The molecule has 1 amide bonds. The molecule has 0 spiro atoms. The highest BCUT2D eigenvalue weighted by molar-refractivity contribution is 6.08. The minimum Gasteiger partial charge on any atom is -0.490 e. The number of ether oxygens (including phenoxy) is 1. The molecule has 1 heterocycles. The van der Waals surface area contributed by atoms with Crippen molar-refractivity contribution in [3.05, 3.63) is 63.8 Å². The second-order valence-corrected chi connectivity index (χ2v) is 5.83. The van der Waals surface area contributed by atoms with E-state index in [1.54, 1.807) is 6.07 Å². The Morgan fingerprint density at radius 1 is 1.27 bits per heavy atom. The third kappa shape index (κ3) is 2.88. The van der Waals surface area contributed by atoms with Crippen molar-refractivity contribution in [2.24, 2.45) is 0 Å².